The van der Waals surface area contributed by atoms with Gasteiger partial charge in [0.2, 0.25) is 0 Å². The third kappa shape index (κ3) is 4.61. The molecule has 0 aliphatic carbocycles. The molecule has 0 atom stereocenters. The summed E-state index contributed by atoms with van der Waals surface area (Å²) >= 11 is 0. The fourth-order valence-corrected chi connectivity index (χ4v) is 2.49. The molecule has 9 heteroatoms. The lowest BCUT2D eigenvalue weighted by atomic mass is 10.1. The van der Waals surface area contributed by atoms with Gasteiger partial charge in [0.15, 0.2) is 0 Å². The number of nitrogens with one attached hydrogen (secondary N) is 2. The van der Waals surface area contributed by atoms with Gasteiger partial charge in [0, 0.05) is 11.8 Å². The Morgan fingerprint density at radius 1 is 1.00 bits per heavy atom. The van der Waals surface area contributed by atoms with Crippen LogP contribution in [0.15, 0.2) is 54.6 Å². The van der Waals surface area contributed by atoms with E-state index in [0.717, 1.165) is 12.1 Å². The Bertz CT molecular complexity index is 1020. The number of carbonyl (C=O) groups excluding carboxylic acids is 1. The lowest BCUT2D eigenvalue weighted by molar-refractivity contribution is -0.136. The first-order valence-corrected chi connectivity index (χ1v) is 8.08. The highest BCUT2D eigenvalue weighted by molar-refractivity contribution is 6.03. The number of alkyl halides is 3. The quantitative estimate of drug-likeness (QED) is 0.620. The van der Waals surface area contributed by atoms with E-state index < -0.39 is 23.5 Å². The molecule has 2 aromatic carbocycles. The zero-order valence-electron chi connectivity index (χ0n) is 14.5. The van der Waals surface area contributed by atoms with E-state index in [1.807, 2.05) is 0 Å². The normalized spacial score (nSPS) is 11.2. The summed E-state index contributed by atoms with van der Waals surface area (Å²) < 4.78 is 52.7. The van der Waals surface area contributed by atoms with Crippen LogP contribution in [0.4, 0.5) is 34.8 Å². The molecular formula is C19H14F4N4O. The fourth-order valence-electron chi connectivity index (χ4n) is 2.49. The first-order valence-electron chi connectivity index (χ1n) is 8.08. The number of nitrogens with zero attached hydrogens (tertiary/aromatic N) is 2. The van der Waals surface area contributed by atoms with Gasteiger partial charge in [-0.3, -0.25) is 4.79 Å². The molecule has 0 saturated heterocycles. The van der Waals surface area contributed by atoms with Crippen molar-refractivity contribution in [2.24, 2.45) is 0 Å². The number of amides is 1. The van der Waals surface area contributed by atoms with Crippen molar-refractivity contribution in [3.63, 3.8) is 0 Å². The van der Waals surface area contributed by atoms with E-state index in [2.05, 4.69) is 20.6 Å². The molecule has 0 aliphatic rings. The van der Waals surface area contributed by atoms with Crippen LogP contribution in [0.5, 0.6) is 0 Å². The van der Waals surface area contributed by atoms with E-state index in [4.69, 9.17) is 0 Å². The van der Waals surface area contributed by atoms with E-state index in [-0.39, 0.29) is 28.7 Å². The molecule has 0 aliphatic heterocycles. The predicted octanol–water partition coefficient (Wildman–Crippen LogP) is 4.94. The van der Waals surface area contributed by atoms with Crippen molar-refractivity contribution < 1.29 is 22.4 Å². The summed E-state index contributed by atoms with van der Waals surface area (Å²) in [6, 6.07) is 11.4. The Morgan fingerprint density at radius 3 is 2.46 bits per heavy atom. The number of hydrogen-bond acceptors (Lipinski definition) is 4. The van der Waals surface area contributed by atoms with Crippen molar-refractivity contribution in [3.8, 4) is 0 Å². The number of rotatable bonds is 4. The number of hydrogen-bond donors (Lipinski definition) is 2. The van der Waals surface area contributed by atoms with Crippen LogP contribution in [0.25, 0.3) is 0 Å². The Morgan fingerprint density at radius 2 is 1.75 bits per heavy atom. The highest BCUT2D eigenvalue weighted by atomic mass is 19.4. The minimum absolute atomic E-state index is 0.0218. The van der Waals surface area contributed by atoms with Gasteiger partial charge in [-0.05, 0) is 37.3 Å². The summed E-state index contributed by atoms with van der Waals surface area (Å²) in [5.41, 5.74) is -0.927. The maximum atomic E-state index is 13.2. The number of halogens is 4. The molecule has 1 heterocycles. The monoisotopic (exact) mass is 390 g/mol. The molecule has 0 unspecified atom stereocenters. The van der Waals surface area contributed by atoms with E-state index in [1.165, 1.54) is 49.4 Å². The molecule has 0 bridgehead atoms. The van der Waals surface area contributed by atoms with E-state index in [1.54, 1.807) is 0 Å². The van der Waals surface area contributed by atoms with Crippen LogP contribution in [0.2, 0.25) is 0 Å². The van der Waals surface area contributed by atoms with E-state index >= 15 is 0 Å². The number of benzene rings is 2. The van der Waals surface area contributed by atoms with Gasteiger partial charge in [-0.25, -0.2) is 14.4 Å². The molecule has 1 aromatic heterocycles. The molecule has 5 nitrogen and oxygen atoms in total. The van der Waals surface area contributed by atoms with Gasteiger partial charge >= 0.3 is 6.18 Å². The molecule has 0 spiro atoms. The summed E-state index contributed by atoms with van der Waals surface area (Å²) in [6.07, 6.45) is -4.55. The molecule has 2 N–H and O–H groups in total. The molecule has 144 valence electrons. The molecular weight excluding hydrogens is 376 g/mol. The summed E-state index contributed by atoms with van der Waals surface area (Å²) in [5, 5.41) is 5.05. The lowest BCUT2D eigenvalue weighted by Crippen LogP contribution is -2.16. The van der Waals surface area contributed by atoms with Crippen molar-refractivity contribution in [2.45, 2.75) is 13.1 Å². The average Bonchev–Trinajstić information content (AvgIpc) is 2.61. The van der Waals surface area contributed by atoms with Gasteiger partial charge in [0.25, 0.3) is 5.91 Å². The molecule has 0 radical (unpaired) electrons. The fraction of sp³-hybridized carbons (Fsp3) is 0.105. The van der Waals surface area contributed by atoms with Gasteiger partial charge in [0.05, 0.1) is 11.3 Å². The SMILES string of the molecule is Cc1nc(Nc2ccccc2C(F)(F)F)cc(C(=O)Nc2cccc(F)c2)n1. The number of aromatic nitrogens is 2. The second-order valence-electron chi connectivity index (χ2n) is 5.82. The molecule has 0 fully saturated rings. The van der Waals surface area contributed by atoms with Crippen molar-refractivity contribution in [1.82, 2.24) is 9.97 Å². The van der Waals surface area contributed by atoms with Crippen molar-refractivity contribution in [3.05, 3.63) is 77.5 Å². The summed E-state index contributed by atoms with van der Waals surface area (Å²) in [7, 11) is 0. The van der Waals surface area contributed by atoms with Gasteiger partial charge in [-0.15, -0.1) is 0 Å². The highest BCUT2D eigenvalue weighted by Gasteiger charge is 2.33. The maximum Gasteiger partial charge on any atom is 0.418 e. The number of carbonyl (C=O) groups is 1. The summed E-state index contributed by atoms with van der Waals surface area (Å²) in [5.74, 6) is -0.974. The van der Waals surface area contributed by atoms with E-state index in [0.29, 0.717) is 0 Å². The molecule has 0 saturated carbocycles. The Kier molecular flexibility index (Phi) is 5.25. The zero-order valence-corrected chi connectivity index (χ0v) is 14.5. The Balaban J connectivity index is 1.87. The van der Waals surface area contributed by atoms with Crippen LogP contribution in [-0.2, 0) is 6.18 Å². The van der Waals surface area contributed by atoms with Crippen molar-refractivity contribution in [2.75, 3.05) is 10.6 Å². The summed E-state index contributed by atoms with van der Waals surface area (Å²) in [6.45, 7) is 1.50. The average molecular weight is 390 g/mol. The first-order chi connectivity index (χ1) is 13.2. The van der Waals surface area contributed by atoms with Crippen LogP contribution >= 0.6 is 0 Å². The summed E-state index contributed by atoms with van der Waals surface area (Å²) in [4.78, 5) is 20.4. The highest BCUT2D eigenvalue weighted by Crippen LogP contribution is 2.35. The number of para-hydroxylation sites is 1. The lowest BCUT2D eigenvalue weighted by Gasteiger charge is -2.14. The smallest absolute Gasteiger partial charge is 0.340 e. The minimum Gasteiger partial charge on any atom is -0.340 e. The second-order valence-corrected chi connectivity index (χ2v) is 5.82. The van der Waals surface area contributed by atoms with Crippen molar-refractivity contribution in [1.29, 1.82) is 0 Å². The molecule has 28 heavy (non-hydrogen) atoms. The number of anilines is 3. The Labute approximate surface area is 157 Å². The van der Waals surface area contributed by atoms with Crippen LogP contribution in [-0.4, -0.2) is 15.9 Å². The van der Waals surface area contributed by atoms with E-state index in [9.17, 15) is 22.4 Å². The Hall–Kier alpha value is -3.49. The second kappa shape index (κ2) is 7.63. The third-order valence-electron chi connectivity index (χ3n) is 3.65. The third-order valence-corrected chi connectivity index (χ3v) is 3.65. The minimum atomic E-state index is -4.55. The standard InChI is InChI=1S/C19H14F4N4O/c1-11-24-16(18(28)26-13-6-4-5-12(20)9-13)10-17(25-11)27-15-8-3-2-7-14(15)19(21,22)23/h2-10H,1H3,(H,26,28)(H,24,25,27). The van der Waals surface area contributed by atoms with Gasteiger partial charge in [-0.2, -0.15) is 13.2 Å². The molecule has 3 aromatic rings. The van der Waals surface area contributed by atoms with Crippen LogP contribution < -0.4 is 10.6 Å². The first kappa shape index (κ1) is 19.3. The zero-order chi connectivity index (χ0) is 20.3. The predicted molar refractivity (Wildman–Crippen MR) is 95.8 cm³/mol. The molecule has 1 amide bonds. The number of aryl methyl sites for hydroxylation is 1. The van der Waals surface area contributed by atoms with Crippen LogP contribution in [0.3, 0.4) is 0 Å². The van der Waals surface area contributed by atoms with Gasteiger partial charge in [0.1, 0.15) is 23.2 Å². The van der Waals surface area contributed by atoms with Gasteiger partial charge in [-0.1, -0.05) is 18.2 Å². The van der Waals surface area contributed by atoms with Crippen LogP contribution in [0, 0.1) is 12.7 Å². The van der Waals surface area contributed by atoms with Crippen LogP contribution in [0.1, 0.15) is 21.9 Å². The van der Waals surface area contributed by atoms with Crippen molar-refractivity contribution >= 4 is 23.1 Å². The maximum absolute atomic E-state index is 13.2. The topological polar surface area (TPSA) is 66.9 Å². The largest absolute Gasteiger partial charge is 0.418 e. The molecule has 3 rings (SSSR count). The van der Waals surface area contributed by atoms with Gasteiger partial charge < -0.3 is 10.6 Å².